The van der Waals surface area contributed by atoms with Gasteiger partial charge in [-0.15, -0.1) is 0 Å². The van der Waals surface area contributed by atoms with Crippen molar-refractivity contribution in [2.75, 3.05) is 0 Å². The van der Waals surface area contributed by atoms with Crippen molar-refractivity contribution in [3.8, 4) is 0 Å². The van der Waals surface area contributed by atoms with Gasteiger partial charge in [-0.2, -0.15) is 0 Å². The van der Waals surface area contributed by atoms with Gasteiger partial charge in [0.15, 0.2) is 0 Å². The van der Waals surface area contributed by atoms with Crippen LogP contribution in [0.5, 0.6) is 0 Å². The fourth-order valence-electron chi connectivity index (χ4n) is 1.23. The minimum atomic E-state index is -0.663. The van der Waals surface area contributed by atoms with Crippen LogP contribution in [0.25, 0.3) is 0 Å². The lowest BCUT2D eigenvalue weighted by atomic mass is 10.1. The third-order valence-electron chi connectivity index (χ3n) is 1.99. The van der Waals surface area contributed by atoms with Crippen LogP contribution < -0.4 is 0 Å². The second-order valence-electron chi connectivity index (χ2n) is 3.27. The van der Waals surface area contributed by atoms with Gasteiger partial charge in [0.2, 0.25) is 0 Å². The normalized spacial score (nSPS) is 9.31. The zero-order valence-corrected chi connectivity index (χ0v) is 9.51. The molecule has 76 valence electrons. The van der Waals surface area contributed by atoms with Crippen LogP contribution in [0.4, 0.5) is 0 Å². The highest BCUT2D eigenvalue weighted by Gasteiger charge is 1.95. The van der Waals surface area contributed by atoms with Crippen LogP contribution in [0.3, 0.4) is 0 Å². The number of carbonyl (C=O) groups is 1. The number of hydrogen-bond donors (Lipinski definition) is 1. The van der Waals surface area contributed by atoms with Crippen LogP contribution >= 0.6 is 0 Å². The molecule has 0 fully saturated rings. The monoisotopic (exact) mass is 200 g/mol. The summed E-state index contributed by atoms with van der Waals surface area (Å²) in [5.74, 6) is -0.663. The van der Waals surface area contributed by atoms with Gasteiger partial charge in [0, 0.05) is 17.4 Å². The highest BCUT2D eigenvalue weighted by molar-refractivity contribution is 5.75. The fourth-order valence-corrected chi connectivity index (χ4v) is 1.23. The maximum atomic E-state index is 10.1. The van der Waals surface area contributed by atoms with Gasteiger partial charge in [0.05, 0.1) is 0 Å². The minimum absolute atomic E-state index is 0. The average Bonchev–Trinajstić information content (AvgIpc) is 2.02. The summed E-state index contributed by atoms with van der Waals surface area (Å²) < 4.78 is 0. The Hall–Kier alpha value is -0.313. The van der Waals surface area contributed by atoms with E-state index in [0.717, 1.165) is 12.8 Å². The van der Waals surface area contributed by atoms with E-state index in [0.29, 0.717) is 6.42 Å². The predicted octanol–water partition coefficient (Wildman–Crippen LogP) is 2.83. The first kappa shape index (κ1) is 15.2. The Morgan fingerprint density at radius 3 is 1.92 bits per heavy atom. The van der Waals surface area contributed by atoms with Gasteiger partial charge in [-0.05, 0) is 6.42 Å². The number of aliphatic carboxylic acids is 1. The summed E-state index contributed by atoms with van der Waals surface area (Å²) in [6.45, 7) is 2.20. The van der Waals surface area contributed by atoms with E-state index in [1.54, 1.807) is 0 Å². The largest absolute Gasteiger partial charge is 0.481 e. The van der Waals surface area contributed by atoms with Crippen LogP contribution in [0.15, 0.2) is 0 Å². The molecule has 0 spiro atoms. The molecule has 0 aliphatic heterocycles. The van der Waals surface area contributed by atoms with Crippen LogP contribution in [0.2, 0.25) is 0 Å². The highest BCUT2D eigenvalue weighted by Crippen LogP contribution is 2.07. The minimum Gasteiger partial charge on any atom is -0.481 e. The van der Waals surface area contributed by atoms with E-state index in [-0.39, 0.29) is 11.0 Å². The molecule has 0 rings (SSSR count). The number of unbranched alkanes of at least 4 members (excludes halogenated alkanes) is 6. The molecule has 0 aliphatic rings. The maximum absolute atomic E-state index is 10.1. The van der Waals surface area contributed by atoms with Gasteiger partial charge in [0.1, 0.15) is 0 Å². The molecule has 2 nitrogen and oxygen atoms in total. The van der Waals surface area contributed by atoms with Gasteiger partial charge in [-0.1, -0.05) is 45.4 Å². The van der Waals surface area contributed by atoms with Gasteiger partial charge in [0.25, 0.3) is 0 Å². The highest BCUT2D eigenvalue weighted by atomic mass is 28.1. The van der Waals surface area contributed by atoms with E-state index in [4.69, 9.17) is 5.11 Å². The summed E-state index contributed by atoms with van der Waals surface area (Å²) in [5, 5.41) is 8.35. The Labute approximate surface area is 85.8 Å². The zero-order valence-electron chi connectivity index (χ0n) is 8.51. The molecule has 0 amide bonds. The van der Waals surface area contributed by atoms with E-state index >= 15 is 0 Å². The third-order valence-corrected chi connectivity index (χ3v) is 1.99. The van der Waals surface area contributed by atoms with Gasteiger partial charge in [-0.3, -0.25) is 4.79 Å². The summed E-state index contributed by atoms with van der Waals surface area (Å²) in [5.41, 5.74) is 0. The topological polar surface area (TPSA) is 37.3 Å². The SMILES string of the molecule is CCCCCCCCCC(=O)O.[Si]. The molecule has 0 aromatic carbocycles. The van der Waals surface area contributed by atoms with E-state index < -0.39 is 5.97 Å². The number of hydrogen-bond acceptors (Lipinski definition) is 1. The van der Waals surface area contributed by atoms with Crippen molar-refractivity contribution in [3.63, 3.8) is 0 Å². The van der Waals surface area contributed by atoms with Gasteiger partial charge < -0.3 is 5.11 Å². The predicted molar refractivity (Wildman–Crippen MR) is 56.0 cm³/mol. The number of rotatable bonds is 8. The second-order valence-corrected chi connectivity index (χ2v) is 3.27. The number of carboxylic acid groups (broad SMARTS) is 1. The van der Waals surface area contributed by atoms with Crippen molar-refractivity contribution in [1.82, 2.24) is 0 Å². The van der Waals surface area contributed by atoms with Crippen molar-refractivity contribution >= 4 is 16.9 Å². The average molecular weight is 200 g/mol. The molecular formula is C10H20O2Si. The summed E-state index contributed by atoms with van der Waals surface area (Å²) >= 11 is 0. The molecule has 1 N–H and O–H groups in total. The molecule has 4 radical (unpaired) electrons. The smallest absolute Gasteiger partial charge is 0.303 e. The Morgan fingerprint density at radius 1 is 1.00 bits per heavy atom. The lowest BCUT2D eigenvalue weighted by Crippen LogP contribution is -1.93. The van der Waals surface area contributed by atoms with Crippen LogP contribution in [-0.4, -0.2) is 22.0 Å². The van der Waals surface area contributed by atoms with Crippen molar-refractivity contribution in [3.05, 3.63) is 0 Å². The summed E-state index contributed by atoms with van der Waals surface area (Å²) in [6, 6.07) is 0. The summed E-state index contributed by atoms with van der Waals surface area (Å²) in [7, 11) is 0. The molecule has 0 aromatic rings. The molecule has 13 heavy (non-hydrogen) atoms. The lowest BCUT2D eigenvalue weighted by Gasteiger charge is -1.98. The maximum Gasteiger partial charge on any atom is 0.303 e. The van der Waals surface area contributed by atoms with E-state index in [1.165, 1.54) is 32.1 Å². The van der Waals surface area contributed by atoms with Crippen LogP contribution in [0.1, 0.15) is 58.3 Å². The third kappa shape index (κ3) is 14.5. The summed E-state index contributed by atoms with van der Waals surface area (Å²) in [4.78, 5) is 10.1. The van der Waals surface area contributed by atoms with E-state index in [9.17, 15) is 4.79 Å². The quantitative estimate of drug-likeness (QED) is 0.483. The standard InChI is InChI=1S/C10H20O2.Si/c1-2-3-4-5-6-7-8-9-10(11)12;/h2-9H2,1H3,(H,11,12);. The molecule has 3 heteroatoms. The van der Waals surface area contributed by atoms with Crippen molar-refractivity contribution in [1.29, 1.82) is 0 Å². The second kappa shape index (κ2) is 11.7. The number of carboxylic acids is 1. The molecule has 0 atom stereocenters. The first-order chi connectivity index (χ1) is 5.77. The Morgan fingerprint density at radius 2 is 1.46 bits per heavy atom. The van der Waals surface area contributed by atoms with Crippen LogP contribution in [0, 0.1) is 0 Å². The molecule has 0 heterocycles. The first-order valence-corrected chi connectivity index (χ1v) is 4.99. The molecular weight excluding hydrogens is 180 g/mol. The van der Waals surface area contributed by atoms with Crippen LogP contribution in [-0.2, 0) is 4.79 Å². The molecule has 0 aliphatic carbocycles. The fraction of sp³-hybridized carbons (Fsp3) is 0.900. The van der Waals surface area contributed by atoms with Crippen molar-refractivity contribution < 1.29 is 9.90 Å². The Bertz CT molecular complexity index is 115. The lowest BCUT2D eigenvalue weighted by molar-refractivity contribution is -0.137. The van der Waals surface area contributed by atoms with E-state index in [2.05, 4.69) is 6.92 Å². The summed E-state index contributed by atoms with van der Waals surface area (Å²) in [6.07, 6.45) is 8.64. The van der Waals surface area contributed by atoms with Gasteiger partial charge in [-0.25, -0.2) is 0 Å². The molecule has 0 bridgehead atoms. The molecule has 0 unspecified atom stereocenters. The van der Waals surface area contributed by atoms with Gasteiger partial charge >= 0.3 is 5.97 Å². The Kier molecular flexibility index (Phi) is 13.6. The van der Waals surface area contributed by atoms with Crippen molar-refractivity contribution in [2.24, 2.45) is 0 Å². The van der Waals surface area contributed by atoms with Crippen molar-refractivity contribution in [2.45, 2.75) is 58.3 Å². The molecule has 0 aromatic heterocycles. The first-order valence-electron chi connectivity index (χ1n) is 4.99. The molecule has 0 saturated carbocycles. The zero-order chi connectivity index (χ0) is 9.23. The molecule has 0 saturated heterocycles. The van der Waals surface area contributed by atoms with E-state index in [1.807, 2.05) is 0 Å². The Balaban J connectivity index is 0.